The Labute approximate surface area is 145 Å². The van der Waals surface area contributed by atoms with Crippen LogP contribution in [0.4, 0.5) is 22.0 Å². The van der Waals surface area contributed by atoms with Gasteiger partial charge in [-0.05, 0) is 24.3 Å². The predicted octanol–water partition coefficient (Wildman–Crippen LogP) is 3.77. The number of nitrogens with zero attached hydrogens (tertiary/aromatic N) is 1. The summed E-state index contributed by atoms with van der Waals surface area (Å²) in [5, 5.41) is 9.85. The van der Waals surface area contributed by atoms with Crippen LogP contribution in [-0.4, -0.2) is 16.2 Å². The molecule has 2 aromatic carbocycles. The van der Waals surface area contributed by atoms with Gasteiger partial charge in [-0.1, -0.05) is 0 Å². The Bertz CT molecular complexity index is 902. The summed E-state index contributed by atoms with van der Waals surface area (Å²) in [5.41, 5.74) is -1.56. The highest BCUT2D eigenvalue weighted by molar-refractivity contribution is 7.88. The summed E-state index contributed by atoms with van der Waals surface area (Å²) in [6.07, 6.45) is 0.0522. The first kappa shape index (κ1) is 19.5. The van der Waals surface area contributed by atoms with E-state index >= 15 is 0 Å². The average Bonchev–Trinajstić information content (AvgIpc) is 2.64. The van der Waals surface area contributed by atoms with Gasteiger partial charge in [0.25, 0.3) is 0 Å². The minimum Gasteiger partial charge on any atom is -0.497 e. The second kappa shape index (κ2) is 7.60. The third kappa shape index (κ3) is 3.57. The first-order valence-corrected chi connectivity index (χ1v) is 7.77. The molecule has 0 spiro atoms. The Kier molecular flexibility index (Phi) is 5.70. The van der Waals surface area contributed by atoms with Crippen molar-refractivity contribution in [3.63, 3.8) is 0 Å². The quantitative estimate of drug-likeness (QED) is 0.255. The van der Waals surface area contributed by atoms with E-state index in [2.05, 4.69) is 0 Å². The molecule has 1 unspecified atom stereocenters. The van der Waals surface area contributed by atoms with Crippen molar-refractivity contribution < 1.29 is 35.8 Å². The van der Waals surface area contributed by atoms with Gasteiger partial charge in [0.2, 0.25) is 5.82 Å². The molecule has 2 aromatic rings. The molecule has 0 aliphatic rings. The van der Waals surface area contributed by atoms with Crippen LogP contribution in [0.15, 0.2) is 34.2 Å². The Morgan fingerprint density at radius 2 is 1.46 bits per heavy atom. The fraction of sp³-hybridized carbons (Fsp3) is 0.0667. The van der Waals surface area contributed by atoms with Crippen LogP contribution in [0.5, 0.6) is 5.75 Å². The van der Waals surface area contributed by atoms with E-state index in [1.165, 1.54) is 31.4 Å². The zero-order valence-corrected chi connectivity index (χ0v) is 13.6. The highest BCUT2D eigenvalue weighted by Gasteiger charge is 2.29. The van der Waals surface area contributed by atoms with Crippen molar-refractivity contribution in [1.29, 1.82) is 0 Å². The molecule has 1 atom stereocenters. The number of nitro groups is 1. The second-order valence-corrected chi connectivity index (χ2v) is 6.09. The minimum absolute atomic E-state index is 0.0522. The number of benzene rings is 2. The van der Waals surface area contributed by atoms with E-state index in [1.54, 1.807) is 0 Å². The molecule has 0 amide bonds. The molecule has 2 rings (SSSR count). The highest BCUT2D eigenvalue weighted by atomic mass is 32.2. The van der Waals surface area contributed by atoms with Gasteiger partial charge in [-0.15, -0.1) is 0 Å². The van der Waals surface area contributed by atoms with Crippen LogP contribution in [-0.2, 0) is 10.8 Å². The lowest BCUT2D eigenvalue weighted by Crippen LogP contribution is -2.09. The van der Waals surface area contributed by atoms with Gasteiger partial charge in [0.1, 0.15) is 5.75 Å². The lowest BCUT2D eigenvalue weighted by Gasteiger charge is -2.05. The summed E-state index contributed by atoms with van der Waals surface area (Å²) < 4.78 is 84.0. The molecule has 0 aromatic heterocycles. The minimum atomic E-state index is -2.56. The van der Waals surface area contributed by atoms with Crippen molar-refractivity contribution in [3.05, 3.63) is 74.1 Å². The molecule has 11 heteroatoms. The average molecular weight is 393 g/mol. The molecule has 0 saturated carbocycles. The number of ether oxygens (including phenoxy) is 1. The topological polar surface area (TPSA) is 69.4 Å². The molecule has 0 fully saturated rings. The highest BCUT2D eigenvalue weighted by Crippen LogP contribution is 2.27. The summed E-state index contributed by atoms with van der Waals surface area (Å²) in [7, 11) is -1.22. The van der Waals surface area contributed by atoms with E-state index in [-0.39, 0.29) is 11.0 Å². The summed E-state index contributed by atoms with van der Waals surface area (Å²) >= 11 is 0. The van der Waals surface area contributed by atoms with Crippen LogP contribution in [0, 0.1) is 39.2 Å². The van der Waals surface area contributed by atoms with E-state index < -0.39 is 55.4 Å². The van der Waals surface area contributed by atoms with Gasteiger partial charge in [0.05, 0.1) is 22.5 Å². The third-order valence-electron chi connectivity index (χ3n) is 3.15. The largest absolute Gasteiger partial charge is 0.497 e. The molecule has 0 radical (unpaired) electrons. The molecule has 0 heterocycles. The second-order valence-electron chi connectivity index (χ2n) is 4.67. The monoisotopic (exact) mass is 393 g/mol. The maximum Gasteiger partial charge on any atom is 0.338 e. The summed E-state index contributed by atoms with van der Waals surface area (Å²) in [6, 6.07) is 5.02. The van der Waals surface area contributed by atoms with Gasteiger partial charge >= 0.3 is 5.03 Å². The molecule has 26 heavy (non-hydrogen) atoms. The standard InChI is InChI=1S/C15H8F5NO4S/c1-25-7-2-4-8(5-3-7)26(24)10(21(22)23)6-9-11(16)13(18)15(20)14(19)12(9)17/h2-6H,1H3/b10-6-. The van der Waals surface area contributed by atoms with Crippen LogP contribution in [0.2, 0.25) is 0 Å². The zero-order chi connectivity index (χ0) is 19.6. The number of rotatable bonds is 5. The van der Waals surface area contributed by atoms with E-state index in [4.69, 9.17) is 4.74 Å². The van der Waals surface area contributed by atoms with Crippen molar-refractivity contribution in [3.8, 4) is 5.75 Å². The van der Waals surface area contributed by atoms with Gasteiger partial charge in [0, 0.05) is 6.08 Å². The summed E-state index contributed by atoms with van der Waals surface area (Å²) in [4.78, 5) is 9.74. The molecule has 5 nitrogen and oxygen atoms in total. The van der Waals surface area contributed by atoms with Crippen molar-refractivity contribution in [1.82, 2.24) is 0 Å². The molecule has 138 valence electrons. The number of hydrogen-bond acceptors (Lipinski definition) is 4. The van der Waals surface area contributed by atoms with Crippen molar-refractivity contribution in [2.45, 2.75) is 4.90 Å². The van der Waals surface area contributed by atoms with Crippen LogP contribution in [0.25, 0.3) is 6.08 Å². The molecule has 0 aliphatic heterocycles. The van der Waals surface area contributed by atoms with Gasteiger partial charge in [-0.3, -0.25) is 10.1 Å². The van der Waals surface area contributed by atoms with Crippen molar-refractivity contribution >= 4 is 16.9 Å². The maximum absolute atomic E-state index is 13.7. The lowest BCUT2D eigenvalue weighted by atomic mass is 10.1. The molecular formula is C15H8F5NO4S. The number of methoxy groups -OCH3 is 1. The van der Waals surface area contributed by atoms with Crippen LogP contribution in [0.3, 0.4) is 0 Å². The molecule has 0 bridgehead atoms. The fourth-order valence-corrected chi connectivity index (χ4v) is 2.85. The third-order valence-corrected chi connectivity index (χ3v) is 4.50. The van der Waals surface area contributed by atoms with E-state index in [0.717, 1.165) is 0 Å². The SMILES string of the molecule is COc1ccc(S(=O)/C(=C\c2c(F)c(F)c(F)c(F)c2F)[N+](=O)[O-])cc1. The molecule has 0 aliphatic carbocycles. The molecular weight excluding hydrogens is 385 g/mol. The zero-order valence-electron chi connectivity index (χ0n) is 12.8. The van der Waals surface area contributed by atoms with Crippen LogP contribution in [0.1, 0.15) is 5.56 Å². The van der Waals surface area contributed by atoms with Gasteiger partial charge in [0.15, 0.2) is 34.1 Å². The van der Waals surface area contributed by atoms with Gasteiger partial charge in [-0.2, -0.15) is 0 Å². The normalized spacial score (nSPS) is 12.8. The summed E-state index contributed by atoms with van der Waals surface area (Å²) in [6.45, 7) is 0. The van der Waals surface area contributed by atoms with Crippen molar-refractivity contribution in [2.24, 2.45) is 0 Å². The van der Waals surface area contributed by atoms with Crippen LogP contribution >= 0.6 is 0 Å². The Morgan fingerprint density at radius 3 is 1.88 bits per heavy atom. The number of hydrogen-bond donors (Lipinski definition) is 0. The summed E-state index contributed by atoms with van der Waals surface area (Å²) in [5.74, 6) is -11.1. The molecule has 0 N–H and O–H groups in total. The Balaban J connectivity index is 2.61. The van der Waals surface area contributed by atoms with Crippen molar-refractivity contribution in [2.75, 3.05) is 7.11 Å². The predicted molar refractivity (Wildman–Crippen MR) is 80.6 cm³/mol. The lowest BCUT2D eigenvalue weighted by molar-refractivity contribution is -0.409. The van der Waals surface area contributed by atoms with Gasteiger partial charge < -0.3 is 4.74 Å². The maximum atomic E-state index is 13.7. The Morgan fingerprint density at radius 1 is 1.00 bits per heavy atom. The van der Waals surface area contributed by atoms with E-state index in [1.807, 2.05) is 0 Å². The number of halogens is 5. The fourth-order valence-electron chi connectivity index (χ4n) is 1.87. The molecule has 0 saturated heterocycles. The smallest absolute Gasteiger partial charge is 0.338 e. The first-order valence-electron chi connectivity index (χ1n) is 6.62. The van der Waals surface area contributed by atoms with Crippen LogP contribution < -0.4 is 4.74 Å². The van der Waals surface area contributed by atoms with Gasteiger partial charge in [-0.25, -0.2) is 26.2 Å². The Hall–Kier alpha value is -2.82. The van der Waals surface area contributed by atoms with E-state index in [0.29, 0.717) is 5.75 Å². The van der Waals surface area contributed by atoms with E-state index in [9.17, 15) is 36.3 Å². The first-order chi connectivity index (χ1) is 12.2.